The Kier molecular flexibility index (Phi) is 3.51. The molecule has 0 aliphatic heterocycles. The average Bonchev–Trinajstić information content (AvgIpc) is 3.05. The number of nitrogens with one attached hydrogen (secondary N) is 2. The van der Waals surface area contributed by atoms with E-state index in [4.69, 9.17) is 0 Å². The minimum atomic E-state index is 0.0510. The van der Waals surface area contributed by atoms with Crippen molar-refractivity contribution in [3.05, 3.63) is 36.0 Å². The molecular weight excluding hydrogens is 248 g/mol. The molecule has 3 nitrogen and oxygen atoms in total. The van der Waals surface area contributed by atoms with Crippen LogP contribution in [0.25, 0.3) is 10.9 Å². The fourth-order valence-corrected chi connectivity index (χ4v) is 3.47. The van der Waals surface area contributed by atoms with Crippen molar-refractivity contribution in [3.8, 4) is 0 Å². The second-order valence-corrected chi connectivity index (χ2v) is 5.96. The zero-order valence-corrected chi connectivity index (χ0v) is 12.1. The second-order valence-electron chi connectivity index (χ2n) is 5.96. The van der Waals surface area contributed by atoms with Crippen molar-refractivity contribution in [1.29, 1.82) is 0 Å². The number of benzene rings is 1. The van der Waals surface area contributed by atoms with Gasteiger partial charge in [-0.05, 0) is 48.3 Å². The zero-order chi connectivity index (χ0) is 14.1. The zero-order valence-electron chi connectivity index (χ0n) is 12.1. The van der Waals surface area contributed by atoms with E-state index in [2.05, 4.69) is 24.1 Å². The molecule has 3 atom stereocenters. The van der Waals surface area contributed by atoms with Crippen LogP contribution in [0, 0.1) is 11.8 Å². The number of fused-ring (bicyclic) bond motifs is 1. The number of hydrogen-bond acceptors (Lipinski definition) is 1. The van der Waals surface area contributed by atoms with E-state index >= 15 is 0 Å². The van der Waals surface area contributed by atoms with Crippen LogP contribution in [0.15, 0.2) is 30.5 Å². The van der Waals surface area contributed by atoms with Crippen LogP contribution in [-0.4, -0.2) is 16.9 Å². The number of carbonyl (C=O) groups is 1. The molecule has 3 heteroatoms. The van der Waals surface area contributed by atoms with Crippen molar-refractivity contribution in [2.45, 2.75) is 39.2 Å². The molecule has 1 saturated carbocycles. The van der Waals surface area contributed by atoms with Gasteiger partial charge in [-0.3, -0.25) is 4.79 Å². The largest absolute Gasteiger partial charge is 0.361 e. The molecule has 2 aromatic rings. The lowest BCUT2D eigenvalue weighted by Gasteiger charge is -2.21. The first-order chi connectivity index (χ1) is 9.69. The molecule has 3 unspecified atom stereocenters. The van der Waals surface area contributed by atoms with Crippen molar-refractivity contribution in [1.82, 2.24) is 10.3 Å². The molecule has 0 radical (unpaired) electrons. The van der Waals surface area contributed by atoms with Crippen molar-refractivity contribution in [3.63, 3.8) is 0 Å². The maximum atomic E-state index is 12.4. The molecule has 0 saturated heterocycles. The van der Waals surface area contributed by atoms with Gasteiger partial charge in [0.05, 0.1) is 0 Å². The molecule has 1 aliphatic rings. The van der Waals surface area contributed by atoms with Crippen LogP contribution < -0.4 is 5.32 Å². The summed E-state index contributed by atoms with van der Waals surface area (Å²) in [6, 6.07) is 8.17. The Hall–Kier alpha value is -1.77. The first kappa shape index (κ1) is 13.2. The summed E-state index contributed by atoms with van der Waals surface area (Å²) in [7, 11) is 0. The summed E-state index contributed by atoms with van der Waals surface area (Å²) in [5.74, 6) is 1.39. The molecule has 1 aromatic carbocycles. The van der Waals surface area contributed by atoms with Crippen LogP contribution in [0.2, 0.25) is 0 Å². The van der Waals surface area contributed by atoms with Gasteiger partial charge in [0.1, 0.15) is 0 Å². The van der Waals surface area contributed by atoms with E-state index in [1.54, 1.807) is 0 Å². The van der Waals surface area contributed by atoms with Gasteiger partial charge in [0.25, 0.3) is 5.91 Å². The first-order valence-corrected chi connectivity index (χ1v) is 7.57. The summed E-state index contributed by atoms with van der Waals surface area (Å²) in [5, 5.41) is 4.35. The Morgan fingerprint density at radius 3 is 2.95 bits per heavy atom. The lowest BCUT2D eigenvalue weighted by atomic mass is 9.93. The van der Waals surface area contributed by atoms with Crippen LogP contribution in [0.1, 0.15) is 43.5 Å². The number of aromatic nitrogens is 1. The number of aromatic amines is 1. The predicted molar refractivity (Wildman–Crippen MR) is 81.7 cm³/mol. The van der Waals surface area contributed by atoms with Crippen molar-refractivity contribution in [2.24, 2.45) is 11.8 Å². The average molecular weight is 270 g/mol. The molecule has 1 fully saturated rings. The minimum Gasteiger partial charge on any atom is -0.361 e. The summed E-state index contributed by atoms with van der Waals surface area (Å²) in [4.78, 5) is 15.5. The molecule has 0 spiro atoms. The predicted octanol–water partition coefficient (Wildman–Crippen LogP) is 3.72. The van der Waals surface area contributed by atoms with Gasteiger partial charge in [-0.15, -0.1) is 0 Å². The summed E-state index contributed by atoms with van der Waals surface area (Å²) in [5.41, 5.74) is 1.76. The third-order valence-electron chi connectivity index (χ3n) is 4.88. The number of hydrogen-bond donors (Lipinski definition) is 2. The highest BCUT2D eigenvalue weighted by molar-refractivity contribution is 5.98. The molecular formula is C17H22N2O. The minimum absolute atomic E-state index is 0.0510. The van der Waals surface area contributed by atoms with Crippen LogP contribution in [0.4, 0.5) is 0 Å². The third kappa shape index (κ3) is 2.33. The number of amides is 1. The molecule has 1 aliphatic carbocycles. The molecule has 1 heterocycles. The summed E-state index contributed by atoms with van der Waals surface area (Å²) < 4.78 is 0. The van der Waals surface area contributed by atoms with E-state index in [0.29, 0.717) is 12.0 Å². The van der Waals surface area contributed by atoms with Crippen LogP contribution in [0.5, 0.6) is 0 Å². The van der Waals surface area contributed by atoms with Gasteiger partial charge >= 0.3 is 0 Å². The Labute approximate surface area is 119 Å². The topological polar surface area (TPSA) is 44.9 Å². The van der Waals surface area contributed by atoms with Gasteiger partial charge in [-0.25, -0.2) is 0 Å². The maximum absolute atomic E-state index is 12.4. The Morgan fingerprint density at radius 1 is 1.35 bits per heavy atom. The van der Waals surface area contributed by atoms with E-state index in [-0.39, 0.29) is 5.91 Å². The van der Waals surface area contributed by atoms with Gasteiger partial charge in [0, 0.05) is 23.3 Å². The quantitative estimate of drug-likeness (QED) is 0.877. The highest BCUT2D eigenvalue weighted by atomic mass is 16.1. The summed E-state index contributed by atoms with van der Waals surface area (Å²) >= 11 is 0. The molecule has 2 N–H and O–H groups in total. The SMILES string of the molecule is CCC1CCC(NC(=O)c2ccc3cc[nH]c3c2)C1C. The Balaban J connectivity index is 1.73. The first-order valence-electron chi connectivity index (χ1n) is 7.57. The molecule has 0 bridgehead atoms. The second kappa shape index (κ2) is 5.31. The lowest BCUT2D eigenvalue weighted by Crippen LogP contribution is -2.37. The van der Waals surface area contributed by atoms with E-state index in [9.17, 15) is 4.79 Å². The number of H-pyrrole nitrogens is 1. The molecule has 1 aromatic heterocycles. The smallest absolute Gasteiger partial charge is 0.251 e. The maximum Gasteiger partial charge on any atom is 0.251 e. The lowest BCUT2D eigenvalue weighted by molar-refractivity contribution is 0.0926. The van der Waals surface area contributed by atoms with Crippen molar-refractivity contribution < 1.29 is 4.79 Å². The Bertz CT molecular complexity index is 616. The van der Waals surface area contributed by atoms with Gasteiger partial charge in [0.15, 0.2) is 0 Å². The van der Waals surface area contributed by atoms with Crippen LogP contribution in [0.3, 0.4) is 0 Å². The molecule has 3 rings (SSSR count). The van der Waals surface area contributed by atoms with Gasteiger partial charge in [-0.2, -0.15) is 0 Å². The number of rotatable bonds is 3. The summed E-state index contributed by atoms with van der Waals surface area (Å²) in [6.45, 7) is 4.50. The van der Waals surface area contributed by atoms with Crippen molar-refractivity contribution >= 4 is 16.8 Å². The fraction of sp³-hybridized carbons (Fsp3) is 0.471. The fourth-order valence-electron chi connectivity index (χ4n) is 3.47. The molecule has 20 heavy (non-hydrogen) atoms. The monoisotopic (exact) mass is 270 g/mol. The van der Waals surface area contributed by atoms with E-state index in [1.165, 1.54) is 12.8 Å². The highest BCUT2D eigenvalue weighted by Gasteiger charge is 2.32. The molecule has 1 amide bonds. The summed E-state index contributed by atoms with van der Waals surface area (Å²) in [6.07, 6.45) is 5.45. The van der Waals surface area contributed by atoms with E-state index in [0.717, 1.165) is 28.8 Å². The van der Waals surface area contributed by atoms with E-state index in [1.807, 2.05) is 30.5 Å². The van der Waals surface area contributed by atoms with Gasteiger partial charge < -0.3 is 10.3 Å². The van der Waals surface area contributed by atoms with Gasteiger partial charge in [-0.1, -0.05) is 26.3 Å². The normalized spacial score (nSPS) is 26.0. The van der Waals surface area contributed by atoms with Crippen LogP contribution >= 0.6 is 0 Å². The third-order valence-corrected chi connectivity index (χ3v) is 4.88. The highest BCUT2D eigenvalue weighted by Crippen LogP contribution is 2.34. The van der Waals surface area contributed by atoms with Crippen molar-refractivity contribution in [2.75, 3.05) is 0 Å². The number of carbonyl (C=O) groups excluding carboxylic acids is 1. The standard InChI is InChI=1S/C17H22N2O/c1-3-12-6-7-15(11(12)2)19-17(20)14-5-4-13-8-9-18-16(13)10-14/h4-5,8-12,15,18H,3,6-7H2,1-2H3,(H,19,20). The molecule has 106 valence electrons. The van der Waals surface area contributed by atoms with E-state index < -0.39 is 0 Å². The Morgan fingerprint density at radius 2 is 2.20 bits per heavy atom. The van der Waals surface area contributed by atoms with Crippen LogP contribution in [-0.2, 0) is 0 Å². The van der Waals surface area contributed by atoms with Gasteiger partial charge in [0.2, 0.25) is 0 Å².